The fraction of sp³-hybridized carbons (Fsp3) is 0.300. The van der Waals surface area contributed by atoms with Crippen molar-refractivity contribution in [3.05, 3.63) is 52.2 Å². The number of thiazole rings is 1. The van der Waals surface area contributed by atoms with Gasteiger partial charge in [-0.15, -0.1) is 11.3 Å². The van der Waals surface area contributed by atoms with E-state index in [1.165, 1.54) is 22.4 Å². The molecule has 1 aromatic carbocycles. The highest BCUT2D eigenvalue weighted by Crippen LogP contribution is 2.27. The lowest BCUT2D eigenvalue weighted by molar-refractivity contribution is -0.112. The summed E-state index contributed by atoms with van der Waals surface area (Å²) in [5.41, 5.74) is 1.43. The second-order valence-corrected chi connectivity index (χ2v) is 7.49. The van der Waals surface area contributed by atoms with Crippen LogP contribution >= 0.6 is 11.3 Å². The summed E-state index contributed by atoms with van der Waals surface area (Å²) in [4.78, 5) is 32.5. The lowest BCUT2D eigenvalue weighted by Crippen LogP contribution is -2.25. The third-order valence-electron chi connectivity index (χ3n) is 4.30. The van der Waals surface area contributed by atoms with E-state index in [0.29, 0.717) is 5.13 Å². The molecular weight excluding hydrogens is 390 g/mol. The van der Waals surface area contributed by atoms with Crippen LogP contribution < -0.4 is 10.6 Å². The van der Waals surface area contributed by atoms with E-state index in [-0.39, 0.29) is 23.4 Å². The van der Waals surface area contributed by atoms with Crippen molar-refractivity contribution in [2.24, 2.45) is 0 Å². The lowest BCUT2D eigenvalue weighted by atomic mass is 10.1. The van der Waals surface area contributed by atoms with Crippen molar-refractivity contribution >= 4 is 34.0 Å². The third-order valence-corrected chi connectivity index (χ3v) is 5.31. The molecule has 0 aliphatic carbocycles. The fourth-order valence-electron chi connectivity index (χ4n) is 2.84. The van der Waals surface area contributed by atoms with Crippen molar-refractivity contribution in [1.82, 2.24) is 9.88 Å². The zero-order valence-corrected chi connectivity index (χ0v) is 17.0. The Morgan fingerprint density at radius 2 is 2.21 bits per heavy atom. The highest BCUT2D eigenvalue weighted by Gasteiger charge is 2.19. The number of anilines is 2. The normalized spacial score (nSPS) is 13.9. The lowest BCUT2D eigenvalue weighted by Gasteiger charge is -2.20. The van der Waals surface area contributed by atoms with Crippen LogP contribution in [-0.4, -0.2) is 42.0 Å². The molecule has 8 nitrogen and oxygen atoms in total. The summed E-state index contributed by atoms with van der Waals surface area (Å²) in [5, 5.41) is 15.6. The number of hydrogen-bond donors (Lipinski definition) is 2. The minimum Gasteiger partial charge on any atom is -0.462 e. The number of nitrogens with one attached hydrogen (secondary N) is 2. The predicted molar refractivity (Wildman–Crippen MR) is 110 cm³/mol. The van der Waals surface area contributed by atoms with Gasteiger partial charge >= 0.3 is 5.97 Å². The number of ether oxygens (including phenoxy) is 1. The number of nitriles is 1. The number of nitrogens with zero attached hydrogens (tertiary/aromatic N) is 3. The Balaban J connectivity index is 1.72. The number of aromatic nitrogens is 1. The van der Waals surface area contributed by atoms with Gasteiger partial charge in [0.25, 0.3) is 5.91 Å². The van der Waals surface area contributed by atoms with Gasteiger partial charge in [0.15, 0.2) is 5.13 Å². The van der Waals surface area contributed by atoms with Crippen LogP contribution in [0.25, 0.3) is 0 Å². The van der Waals surface area contributed by atoms with E-state index in [1.807, 2.05) is 6.07 Å². The van der Waals surface area contributed by atoms with Crippen molar-refractivity contribution in [2.75, 3.05) is 30.8 Å². The molecule has 9 heteroatoms. The van der Waals surface area contributed by atoms with E-state index in [2.05, 4.69) is 27.6 Å². The second kappa shape index (κ2) is 9.32. The molecule has 0 bridgehead atoms. The number of likely N-dealkylation sites (N-methyl/N-ethyl adjacent to an activating group) is 1. The molecule has 2 heterocycles. The molecule has 29 heavy (non-hydrogen) atoms. The first-order chi connectivity index (χ1) is 14.0. The monoisotopic (exact) mass is 411 g/mol. The largest absolute Gasteiger partial charge is 0.462 e. The van der Waals surface area contributed by atoms with Crippen molar-refractivity contribution in [3.8, 4) is 6.07 Å². The zero-order chi connectivity index (χ0) is 20.8. The molecule has 3 rings (SSSR count). The van der Waals surface area contributed by atoms with Crippen LogP contribution in [0.1, 0.15) is 27.9 Å². The number of esters is 1. The SMILES string of the molecule is CCOC(=O)c1ccccc1NC(=O)/C(C#N)=C\Nc1nc2c(s1)CN(C)CC2. The van der Waals surface area contributed by atoms with Gasteiger partial charge in [-0.3, -0.25) is 4.79 Å². The summed E-state index contributed by atoms with van der Waals surface area (Å²) in [6.45, 7) is 3.73. The summed E-state index contributed by atoms with van der Waals surface area (Å²) in [6.07, 6.45) is 2.21. The first-order valence-corrected chi connectivity index (χ1v) is 9.95. The standard InChI is InChI=1S/C20H21N5O3S/c1-3-28-19(27)14-6-4-5-7-15(14)23-18(26)13(10-21)11-22-20-24-16-8-9-25(2)12-17(16)29-20/h4-7,11H,3,8-9,12H2,1-2H3,(H,22,24)(H,23,26)/b13-11-. The van der Waals surface area contributed by atoms with E-state index in [4.69, 9.17) is 4.74 Å². The van der Waals surface area contributed by atoms with E-state index in [0.717, 1.165) is 25.2 Å². The topological polar surface area (TPSA) is 107 Å². The van der Waals surface area contributed by atoms with Gasteiger partial charge in [-0.25, -0.2) is 9.78 Å². The number of carbonyl (C=O) groups is 2. The predicted octanol–water partition coefficient (Wildman–Crippen LogP) is 2.77. The van der Waals surface area contributed by atoms with Gasteiger partial charge in [0.05, 0.1) is 23.6 Å². The van der Waals surface area contributed by atoms with Crippen LogP contribution in [0.5, 0.6) is 0 Å². The summed E-state index contributed by atoms with van der Waals surface area (Å²) < 4.78 is 5.00. The maximum atomic E-state index is 12.5. The summed E-state index contributed by atoms with van der Waals surface area (Å²) in [7, 11) is 2.06. The number of benzene rings is 1. The Bertz CT molecular complexity index is 992. The Morgan fingerprint density at radius 1 is 1.41 bits per heavy atom. The van der Waals surface area contributed by atoms with Crippen LogP contribution in [0.2, 0.25) is 0 Å². The molecule has 2 N–H and O–H groups in total. The van der Waals surface area contributed by atoms with E-state index < -0.39 is 11.9 Å². The molecular formula is C20H21N5O3S. The fourth-order valence-corrected chi connectivity index (χ4v) is 3.89. The number of amides is 1. The molecule has 0 saturated carbocycles. The number of para-hydroxylation sites is 1. The molecule has 1 aromatic heterocycles. The Labute approximate surface area is 172 Å². The minimum atomic E-state index is -0.627. The quantitative estimate of drug-likeness (QED) is 0.427. The van der Waals surface area contributed by atoms with E-state index >= 15 is 0 Å². The average Bonchev–Trinajstić information content (AvgIpc) is 3.11. The second-order valence-electron chi connectivity index (χ2n) is 6.41. The molecule has 0 unspecified atom stereocenters. The maximum absolute atomic E-state index is 12.5. The summed E-state index contributed by atoms with van der Waals surface area (Å²) in [5.74, 6) is -1.17. The smallest absolute Gasteiger partial charge is 0.340 e. The number of hydrogen-bond acceptors (Lipinski definition) is 8. The molecule has 0 fully saturated rings. The summed E-state index contributed by atoms with van der Waals surface area (Å²) >= 11 is 1.51. The van der Waals surface area contributed by atoms with E-state index in [9.17, 15) is 14.9 Å². The Morgan fingerprint density at radius 3 is 2.97 bits per heavy atom. The molecule has 150 valence electrons. The molecule has 0 radical (unpaired) electrons. The molecule has 0 spiro atoms. The first kappa shape index (κ1) is 20.5. The van der Waals surface area contributed by atoms with Crippen LogP contribution in [-0.2, 0) is 22.5 Å². The van der Waals surface area contributed by atoms with Crippen LogP contribution in [0.15, 0.2) is 36.0 Å². The highest BCUT2D eigenvalue weighted by molar-refractivity contribution is 7.15. The molecule has 0 saturated heterocycles. The van der Waals surface area contributed by atoms with Gasteiger partial charge in [0, 0.05) is 30.6 Å². The number of carbonyl (C=O) groups excluding carboxylic acids is 2. The van der Waals surface area contributed by atoms with E-state index in [1.54, 1.807) is 31.2 Å². The van der Waals surface area contributed by atoms with Crippen molar-refractivity contribution in [1.29, 1.82) is 5.26 Å². The van der Waals surface area contributed by atoms with Crippen molar-refractivity contribution < 1.29 is 14.3 Å². The Hall–Kier alpha value is -3.22. The van der Waals surface area contributed by atoms with Gasteiger partial charge in [0.1, 0.15) is 11.6 Å². The zero-order valence-electron chi connectivity index (χ0n) is 16.2. The van der Waals surface area contributed by atoms with Gasteiger partial charge in [0.2, 0.25) is 0 Å². The highest BCUT2D eigenvalue weighted by atomic mass is 32.1. The molecule has 0 atom stereocenters. The summed E-state index contributed by atoms with van der Waals surface area (Å²) in [6, 6.07) is 8.37. The third kappa shape index (κ3) is 4.99. The molecule has 1 aliphatic rings. The van der Waals surface area contributed by atoms with Gasteiger partial charge < -0.3 is 20.3 Å². The van der Waals surface area contributed by atoms with Crippen molar-refractivity contribution in [3.63, 3.8) is 0 Å². The molecule has 1 amide bonds. The number of fused-ring (bicyclic) bond motifs is 1. The average molecular weight is 411 g/mol. The van der Waals surface area contributed by atoms with Crippen LogP contribution in [0.4, 0.5) is 10.8 Å². The van der Waals surface area contributed by atoms with Crippen LogP contribution in [0, 0.1) is 11.3 Å². The first-order valence-electron chi connectivity index (χ1n) is 9.13. The Kier molecular flexibility index (Phi) is 6.59. The molecule has 2 aromatic rings. The van der Waals surface area contributed by atoms with Crippen molar-refractivity contribution in [2.45, 2.75) is 19.9 Å². The number of rotatable bonds is 6. The molecule has 1 aliphatic heterocycles. The minimum absolute atomic E-state index is 0.131. The van der Waals surface area contributed by atoms with Gasteiger partial charge in [-0.1, -0.05) is 12.1 Å². The van der Waals surface area contributed by atoms with Gasteiger partial charge in [-0.2, -0.15) is 5.26 Å². The maximum Gasteiger partial charge on any atom is 0.340 e. The van der Waals surface area contributed by atoms with Crippen LogP contribution in [0.3, 0.4) is 0 Å². The van der Waals surface area contributed by atoms with Gasteiger partial charge in [-0.05, 0) is 26.1 Å².